The number of hydrogen-bond donors (Lipinski definition) is 2. The van der Waals surface area contributed by atoms with Crippen molar-refractivity contribution >= 4 is 5.91 Å². The Hall–Kier alpha value is -0.570. The average Bonchev–Trinajstić information content (AvgIpc) is 2.56. The first-order valence-electron chi connectivity index (χ1n) is 7.56. The lowest BCUT2D eigenvalue weighted by Crippen LogP contribution is -2.47. The van der Waals surface area contributed by atoms with Crippen LogP contribution in [0.25, 0.3) is 0 Å². The summed E-state index contributed by atoms with van der Waals surface area (Å²) in [6.45, 7) is 6.33. The molecule has 0 aromatic heterocycles. The van der Waals surface area contributed by atoms with Gasteiger partial charge in [0.15, 0.2) is 0 Å². The molecule has 0 saturated heterocycles. The van der Waals surface area contributed by atoms with Crippen LogP contribution in [0.3, 0.4) is 0 Å². The zero-order valence-electron chi connectivity index (χ0n) is 12.2. The van der Waals surface area contributed by atoms with Crippen LogP contribution in [0.1, 0.15) is 65.7 Å². The van der Waals surface area contributed by atoms with Gasteiger partial charge in [-0.25, -0.2) is 0 Å². The van der Waals surface area contributed by atoms with Crippen LogP contribution in [0.2, 0.25) is 0 Å². The Balaban J connectivity index is 2.37. The summed E-state index contributed by atoms with van der Waals surface area (Å²) < 4.78 is 0. The van der Waals surface area contributed by atoms with Crippen LogP contribution in [-0.2, 0) is 4.79 Å². The Kier molecular flexibility index (Phi) is 6.69. The number of nitrogens with two attached hydrogens (primary N) is 1. The molecule has 1 fully saturated rings. The lowest BCUT2D eigenvalue weighted by atomic mass is 9.92. The van der Waals surface area contributed by atoms with Gasteiger partial charge in [-0.15, -0.1) is 0 Å². The molecule has 0 aliphatic heterocycles. The molecule has 106 valence electrons. The smallest absolute Gasteiger partial charge is 0.237 e. The van der Waals surface area contributed by atoms with E-state index in [9.17, 15) is 4.79 Å². The predicted octanol–water partition coefficient (Wildman–Crippen LogP) is 2.83. The van der Waals surface area contributed by atoms with Crippen LogP contribution in [0, 0.1) is 11.8 Å². The van der Waals surface area contributed by atoms with E-state index in [1.807, 2.05) is 0 Å². The Morgan fingerprint density at radius 1 is 1.17 bits per heavy atom. The molecule has 0 spiro atoms. The second-order valence-corrected chi connectivity index (χ2v) is 6.28. The molecule has 0 heterocycles. The summed E-state index contributed by atoms with van der Waals surface area (Å²) in [5, 5.41) is 3.12. The first-order valence-corrected chi connectivity index (χ1v) is 7.56. The van der Waals surface area contributed by atoms with E-state index in [0.717, 1.165) is 6.42 Å². The Labute approximate surface area is 112 Å². The van der Waals surface area contributed by atoms with Crippen molar-refractivity contribution in [2.45, 2.75) is 77.8 Å². The van der Waals surface area contributed by atoms with Crippen molar-refractivity contribution in [2.75, 3.05) is 0 Å². The molecule has 3 N–H and O–H groups in total. The molecule has 3 nitrogen and oxygen atoms in total. The summed E-state index contributed by atoms with van der Waals surface area (Å²) in [6.07, 6.45) is 8.59. The highest BCUT2D eigenvalue weighted by molar-refractivity contribution is 5.81. The topological polar surface area (TPSA) is 55.1 Å². The molecule has 1 rings (SSSR count). The summed E-state index contributed by atoms with van der Waals surface area (Å²) in [4.78, 5) is 12.0. The highest BCUT2D eigenvalue weighted by Gasteiger charge is 2.23. The molecule has 2 atom stereocenters. The number of nitrogens with one attached hydrogen (secondary N) is 1. The molecule has 1 saturated carbocycles. The zero-order chi connectivity index (χ0) is 13.5. The SMILES string of the molecule is CC(C)C[C@H](N)C(=O)N[C@@H](C)C1CCCCCC1. The van der Waals surface area contributed by atoms with E-state index in [1.165, 1.54) is 38.5 Å². The van der Waals surface area contributed by atoms with E-state index in [4.69, 9.17) is 5.73 Å². The summed E-state index contributed by atoms with van der Waals surface area (Å²) in [6, 6.07) is -0.0768. The largest absolute Gasteiger partial charge is 0.352 e. The minimum absolute atomic E-state index is 0.0282. The molecule has 18 heavy (non-hydrogen) atoms. The Bertz CT molecular complexity index is 245. The fraction of sp³-hybridized carbons (Fsp3) is 0.933. The summed E-state index contributed by atoms with van der Waals surface area (Å²) >= 11 is 0. The fourth-order valence-corrected chi connectivity index (χ4v) is 2.88. The molecule has 0 radical (unpaired) electrons. The van der Waals surface area contributed by atoms with Crippen LogP contribution in [-0.4, -0.2) is 18.0 Å². The highest BCUT2D eigenvalue weighted by Crippen LogP contribution is 2.25. The molecular weight excluding hydrogens is 224 g/mol. The second kappa shape index (κ2) is 7.78. The van der Waals surface area contributed by atoms with Gasteiger partial charge in [-0.3, -0.25) is 4.79 Å². The number of carbonyl (C=O) groups is 1. The van der Waals surface area contributed by atoms with Crippen molar-refractivity contribution in [3.05, 3.63) is 0 Å². The standard InChI is InChI=1S/C15H30N2O/c1-11(2)10-14(16)15(18)17-12(3)13-8-6-4-5-7-9-13/h11-14H,4-10,16H2,1-3H3,(H,17,18)/t12-,14-/m0/s1. The summed E-state index contributed by atoms with van der Waals surface area (Å²) in [5.41, 5.74) is 5.91. The van der Waals surface area contributed by atoms with Gasteiger partial charge in [0, 0.05) is 6.04 Å². The molecule has 0 aromatic carbocycles. The number of rotatable bonds is 5. The molecular formula is C15H30N2O. The van der Waals surface area contributed by atoms with Gasteiger partial charge >= 0.3 is 0 Å². The molecule has 3 heteroatoms. The summed E-state index contributed by atoms with van der Waals surface area (Å²) in [5.74, 6) is 1.14. The maximum absolute atomic E-state index is 12.0. The van der Waals surface area contributed by atoms with Crippen LogP contribution in [0.4, 0.5) is 0 Å². The molecule has 1 amide bonds. The van der Waals surface area contributed by atoms with Gasteiger partial charge < -0.3 is 11.1 Å². The van der Waals surface area contributed by atoms with Gasteiger partial charge in [0.2, 0.25) is 5.91 Å². The average molecular weight is 254 g/mol. The fourth-order valence-electron chi connectivity index (χ4n) is 2.88. The Morgan fingerprint density at radius 2 is 1.72 bits per heavy atom. The van der Waals surface area contributed by atoms with Crippen LogP contribution in [0.5, 0.6) is 0 Å². The lowest BCUT2D eigenvalue weighted by Gasteiger charge is -2.25. The van der Waals surface area contributed by atoms with Gasteiger partial charge in [-0.2, -0.15) is 0 Å². The minimum Gasteiger partial charge on any atom is -0.352 e. The van der Waals surface area contributed by atoms with Gasteiger partial charge in [-0.1, -0.05) is 39.5 Å². The molecule has 0 bridgehead atoms. The van der Waals surface area contributed by atoms with Crippen molar-refractivity contribution in [3.8, 4) is 0 Å². The van der Waals surface area contributed by atoms with Crippen molar-refractivity contribution in [1.82, 2.24) is 5.32 Å². The van der Waals surface area contributed by atoms with Crippen molar-refractivity contribution in [1.29, 1.82) is 0 Å². The molecule has 0 aromatic rings. The molecule has 1 aliphatic carbocycles. The van der Waals surface area contributed by atoms with Crippen molar-refractivity contribution in [2.24, 2.45) is 17.6 Å². The molecule has 0 unspecified atom stereocenters. The monoisotopic (exact) mass is 254 g/mol. The third kappa shape index (κ3) is 5.38. The van der Waals surface area contributed by atoms with E-state index in [2.05, 4.69) is 26.1 Å². The van der Waals surface area contributed by atoms with Gasteiger partial charge in [-0.05, 0) is 38.0 Å². The normalized spacial score (nSPS) is 21.4. The second-order valence-electron chi connectivity index (χ2n) is 6.28. The van der Waals surface area contributed by atoms with Crippen LogP contribution < -0.4 is 11.1 Å². The first kappa shape index (κ1) is 15.5. The van der Waals surface area contributed by atoms with E-state index in [1.54, 1.807) is 0 Å². The van der Waals surface area contributed by atoms with Crippen molar-refractivity contribution in [3.63, 3.8) is 0 Å². The quantitative estimate of drug-likeness (QED) is 0.741. The maximum Gasteiger partial charge on any atom is 0.237 e. The number of carbonyl (C=O) groups excluding carboxylic acids is 1. The minimum atomic E-state index is -0.349. The van der Waals surface area contributed by atoms with Gasteiger partial charge in [0.25, 0.3) is 0 Å². The summed E-state index contributed by atoms with van der Waals surface area (Å²) in [7, 11) is 0. The third-order valence-corrected chi connectivity index (χ3v) is 4.04. The number of amides is 1. The third-order valence-electron chi connectivity index (χ3n) is 4.04. The highest BCUT2D eigenvalue weighted by atomic mass is 16.2. The van der Waals surface area contributed by atoms with Crippen LogP contribution >= 0.6 is 0 Å². The lowest BCUT2D eigenvalue weighted by molar-refractivity contribution is -0.123. The van der Waals surface area contributed by atoms with E-state index in [0.29, 0.717) is 11.8 Å². The Morgan fingerprint density at radius 3 is 2.22 bits per heavy atom. The van der Waals surface area contributed by atoms with Crippen molar-refractivity contribution < 1.29 is 4.79 Å². The van der Waals surface area contributed by atoms with Gasteiger partial charge in [0.1, 0.15) is 0 Å². The van der Waals surface area contributed by atoms with Crippen LogP contribution in [0.15, 0.2) is 0 Å². The zero-order valence-corrected chi connectivity index (χ0v) is 12.2. The molecule has 1 aliphatic rings. The predicted molar refractivity (Wildman–Crippen MR) is 76.2 cm³/mol. The first-order chi connectivity index (χ1) is 8.50. The van der Waals surface area contributed by atoms with E-state index >= 15 is 0 Å². The van der Waals surface area contributed by atoms with E-state index in [-0.39, 0.29) is 18.0 Å². The van der Waals surface area contributed by atoms with E-state index < -0.39 is 0 Å². The number of hydrogen-bond acceptors (Lipinski definition) is 2. The maximum atomic E-state index is 12.0. The van der Waals surface area contributed by atoms with Gasteiger partial charge in [0.05, 0.1) is 6.04 Å².